The van der Waals surface area contributed by atoms with Crippen molar-refractivity contribution in [3.8, 4) is 0 Å². The monoisotopic (exact) mass is 524 g/mol. The van der Waals surface area contributed by atoms with Crippen molar-refractivity contribution in [1.82, 2.24) is 14.8 Å². The molecular weight excluding hydrogens is 501 g/mol. The zero-order chi connectivity index (χ0) is 26.9. The lowest BCUT2D eigenvalue weighted by Gasteiger charge is -2.36. The van der Waals surface area contributed by atoms with Crippen molar-refractivity contribution in [3.63, 3.8) is 0 Å². The average molecular weight is 524 g/mol. The van der Waals surface area contributed by atoms with Crippen molar-refractivity contribution < 1.29 is 27.3 Å². The molecule has 1 N–H and O–H groups in total. The number of hydrogen-bond acceptors (Lipinski definition) is 5. The highest BCUT2D eigenvalue weighted by Crippen LogP contribution is 2.34. The lowest BCUT2D eigenvalue weighted by molar-refractivity contribution is -0.384. The normalized spacial score (nSPS) is 15.7. The van der Waals surface area contributed by atoms with Gasteiger partial charge < -0.3 is 14.3 Å². The van der Waals surface area contributed by atoms with E-state index in [1.54, 1.807) is 18.2 Å². The van der Waals surface area contributed by atoms with Crippen molar-refractivity contribution in [2.24, 2.45) is 0 Å². The fourth-order valence-corrected chi connectivity index (χ4v) is 4.67. The fourth-order valence-electron chi connectivity index (χ4n) is 4.67. The van der Waals surface area contributed by atoms with E-state index in [1.807, 2.05) is 18.3 Å². The molecule has 0 aliphatic carbocycles. The Morgan fingerprint density at radius 2 is 1.84 bits per heavy atom. The standard InChI is InChI=1S/C27H23F3N4O4/c28-27(29,30)20-4-1-3-18(15-20)16-31-26(35)24-11-10-22(38-24)17-33-14-13-32-12-2-5-23(32)25(33)19-6-8-21(9-7-19)34(36)37/h1-12,15,25H,13-14,16-17H2,(H,31,35). The van der Waals surface area contributed by atoms with Gasteiger partial charge in [-0.15, -0.1) is 0 Å². The number of nitro groups is 1. The molecule has 2 aromatic heterocycles. The first kappa shape index (κ1) is 25.3. The number of furan rings is 1. The molecule has 3 heterocycles. The number of alkyl halides is 3. The van der Waals surface area contributed by atoms with Crippen LogP contribution in [0.25, 0.3) is 0 Å². The molecule has 196 valence electrons. The van der Waals surface area contributed by atoms with Crippen LogP contribution < -0.4 is 5.32 Å². The molecular formula is C27H23F3N4O4. The first-order valence-corrected chi connectivity index (χ1v) is 11.9. The Morgan fingerprint density at radius 1 is 1.05 bits per heavy atom. The molecule has 1 unspecified atom stereocenters. The third-order valence-electron chi connectivity index (χ3n) is 6.51. The Hall–Kier alpha value is -4.38. The zero-order valence-electron chi connectivity index (χ0n) is 20.0. The maximum atomic E-state index is 12.9. The summed E-state index contributed by atoms with van der Waals surface area (Å²) in [4.78, 5) is 25.4. The number of fused-ring (bicyclic) bond motifs is 1. The van der Waals surface area contributed by atoms with E-state index in [-0.39, 0.29) is 24.0 Å². The van der Waals surface area contributed by atoms with Crippen molar-refractivity contribution in [2.75, 3.05) is 6.54 Å². The van der Waals surface area contributed by atoms with Crippen LogP contribution in [0.1, 0.15) is 44.7 Å². The van der Waals surface area contributed by atoms with Gasteiger partial charge in [0.05, 0.1) is 23.1 Å². The number of carbonyl (C=O) groups is 1. The van der Waals surface area contributed by atoms with Crippen LogP contribution in [0.2, 0.25) is 0 Å². The Balaban J connectivity index is 1.29. The van der Waals surface area contributed by atoms with E-state index < -0.39 is 22.6 Å². The molecule has 0 saturated heterocycles. The molecule has 38 heavy (non-hydrogen) atoms. The summed E-state index contributed by atoms with van der Waals surface area (Å²) in [7, 11) is 0. The van der Waals surface area contributed by atoms with Gasteiger partial charge in [0.1, 0.15) is 5.76 Å². The van der Waals surface area contributed by atoms with E-state index in [0.717, 1.165) is 29.9 Å². The van der Waals surface area contributed by atoms with E-state index in [0.29, 0.717) is 24.4 Å². The lowest BCUT2D eigenvalue weighted by Crippen LogP contribution is -2.37. The fraction of sp³-hybridized carbons (Fsp3) is 0.222. The van der Waals surface area contributed by atoms with Gasteiger partial charge in [-0.25, -0.2) is 0 Å². The number of nitrogens with zero attached hydrogens (tertiary/aromatic N) is 3. The van der Waals surface area contributed by atoms with E-state index in [4.69, 9.17) is 4.42 Å². The van der Waals surface area contributed by atoms with Crippen molar-refractivity contribution in [2.45, 2.75) is 31.9 Å². The summed E-state index contributed by atoms with van der Waals surface area (Å²) >= 11 is 0. The van der Waals surface area contributed by atoms with Crippen LogP contribution in [0.4, 0.5) is 18.9 Å². The summed E-state index contributed by atoms with van der Waals surface area (Å²) in [5, 5.41) is 13.7. The van der Waals surface area contributed by atoms with E-state index in [2.05, 4.69) is 14.8 Å². The maximum Gasteiger partial charge on any atom is 0.416 e. The second-order valence-electron chi connectivity index (χ2n) is 8.99. The molecule has 5 rings (SSSR count). The number of halogens is 3. The number of nitro benzene ring substituents is 1. The number of rotatable bonds is 7. The summed E-state index contributed by atoms with van der Waals surface area (Å²) < 4.78 is 46.7. The van der Waals surface area contributed by atoms with Gasteiger partial charge in [0.25, 0.3) is 11.6 Å². The van der Waals surface area contributed by atoms with Crippen LogP contribution in [-0.2, 0) is 25.8 Å². The molecule has 0 spiro atoms. The molecule has 11 heteroatoms. The zero-order valence-corrected chi connectivity index (χ0v) is 20.0. The number of carbonyl (C=O) groups excluding carboxylic acids is 1. The van der Waals surface area contributed by atoms with Gasteiger partial charge in [-0.1, -0.05) is 24.3 Å². The third-order valence-corrected chi connectivity index (χ3v) is 6.51. The van der Waals surface area contributed by atoms with Crippen LogP contribution in [0.15, 0.2) is 83.4 Å². The Bertz CT molecular complexity index is 1460. The number of nitrogens with one attached hydrogen (secondary N) is 1. The average Bonchev–Trinajstić information content (AvgIpc) is 3.57. The first-order valence-electron chi connectivity index (χ1n) is 11.9. The number of aromatic nitrogens is 1. The van der Waals surface area contributed by atoms with Crippen LogP contribution in [0, 0.1) is 10.1 Å². The van der Waals surface area contributed by atoms with E-state index >= 15 is 0 Å². The number of amides is 1. The number of hydrogen-bond donors (Lipinski definition) is 1. The van der Waals surface area contributed by atoms with Gasteiger partial charge in [-0.3, -0.25) is 19.8 Å². The van der Waals surface area contributed by atoms with Gasteiger partial charge in [0, 0.05) is 43.7 Å². The highest BCUT2D eigenvalue weighted by molar-refractivity contribution is 5.91. The molecule has 1 aliphatic heterocycles. The highest BCUT2D eigenvalue weighted by Gasteiger charge is 2.31. The molecule has 1 aliphatic rings. The second-order valence-corrected chi connectivity index (χ2v) is 8.99. The Labute approximate surface area is 215 Å². The van der Waals surface area contributed by atoms with Crippen LogP contribution in [0.3, 0.4) is 0 Å². The number of non-ortho nitro benzene ring substituents is 1. The van der Waals surface area contributed by atoms with E-state index in [1.165, 1.54) is 30.3 Å². The summed E-state index contributed by atoms with van der Waals surface area (Å²) in [6.45, 7) is 1.73. The van der Waals surface area contributed by atoms with Crippen molar-refractivity contribution in [3.05, 3.63) is 123 Å². The second kappa shape index (κ2) is 10.2. The van der Waals surface area contributed by atoms with Crippen LogP contribution in [0.5, 0.6) is 0 Å². The molecule has 1 amide bonds. The molecule has 1 atom stereocenters. The minimum absolute atomic E-state index is 0.0123. The number of benzene rings is 2. The van der Waals surface area contributed by atoms with Gasteiger partial charge in [-0.05, 0) is 47.5 Å². The van der Waals surface area contributed by atoms with Gasteiger partial charge in [0.2, 0.25) is 0 Å². The topological polar surface area (TPSA) is 93.5 Å². The molecule has 0 saturated carbocycles. The molecule has 2 aromatic carbocycles. The van der Waals surface area contributed by atoms with Crippen LogP contribution >= 0.6 is 0 Å². The predicted molar refractivity (Wildman–Crippen MR) is 131 cm³/mol. The van der Waals surface area contributed by atoms with Crippen molar-refractivity contribution in [1.29, 1.82) is 0 Å². The SMILES string of the molecule is O=C(NCc1cccc(C(F)(F)F)c1)c1ccc(CN2CCn3cccc3C2c2ccc([N+](=O)[O-])cc2)o1. The largest absolute Gasteiger partial charge is 0.455 e. The highest BCUT2D eigenvalue weighted by atomic mass is 19.4. The van der Waals surface area contributed by atoms with Crippen molar-refractivity contribution >= 4 is 11.6 Å². The van der Waals surface area contributed by atoms with Gasteiger partial charge >= 0.3 is 6.18 Å². The van der Waals surface area contributed by atoms with Gasteiger partial charge in [0.15, 0.2) is 5.76 Å². The quantitative estimate of drug-likeness (QED) is 0.253. The minimum atomic E-state index is -4.46. The molecule has 4 aromatic rings. The predicted octanol–water partition coefficient (Wildman–Crippen LogP) is 5.54. The van der Waals surface area contributed by atoms with E-state index in [9.17, 15) is 28.1 Å². The van der Waals surface area contributed by atoms with Gasteiger partial charge in [-0.2, -0.15) is 13.2 Å². The molecule has 0 fully saturated rings. The molecule has 0 radical (unpaired) electrons. The first-order chi connectivity index (χ1) is 18.2. The summed E-state index contributed by atoms with van der Waals surface area (Å²) in [5.74, 6) is 0.0634. The smallest absolute Gasteiger partial charge is 0.416 e. The maximum absolute atomic E-state index is 12.9. The van der Waals surface area contributed by atoms with Crippen LogP contribution in [-0.4, -0.2) is 26.8 Å². The summed E-state index contributed by atoms with van der Waals surface area (Å²) in [6.07, 6.45) is -2.47. The summed E-state index contributed by atoms with van der Waals surface area (Å²) in [5.41, 5.74) is 1.48. The summed E-state index contributed by atoms with van der Waals surface area (Å²) in [6, 6.07) is 18.2. The lowest BCUT2D eigenvalue weighted by atomic mass is 9.99. The molecule has 8 nitrogen and oxygen atoms in total. The molecule has 0 bridgehead atoms. The Kier molecular flexibility index (Phi) is 6.77. The third kappa shape index (κ3) is 5.32. The Morgan fingerprint density at radius 3 is 2.58 bits per heavy atom. The minimum Gasteiger partial charge on any atom is -0.455 e.